The second-order valence-electron chi connectivity index (χ2n) is 7.25. The summed E-state index contributed by atoms with van der Waals surface area (Å²) in [6.07, 6.45) is -2.82. The molecule has 32 heavy (non-hydrogen) atoms. The fourth-order valence-corrected chi connectivity index (χ4v) is 3.68. The van der Waals surface area contributed by atoms with Gasteiger partial charge in [0.2, 0.25) is 5.91 Å². The highest BCUT2D eigenvalue weighted by Gasteiger charge is 2.31. The Morgan fingerprint density at radius 2 is 1.88 bits per heavy atom. The van der Waals surface area contributed by atoms with Gasteiger partial charge in [-0.25, -0.2) is 4.98 Å². The summed E-state index contributed by atoms with van der Waals surface area (Å²) in [5.74, 6) is 1.09. The molecule has 1 aromatic heterocycles. The second kappa shape index (κ2) is 10.3. The van der Waals surface area contributed by atoms with E-state index in [4.69, 9.17) is 21.1 Å². The molecule has 0 atom stereocenters. The molecule has 1 aromatic carbocycles. The van der Waals surface area contributed by atoms with Gasteiger partial charge in [-0.1, -0.05) is 11.6 Å². The minimum absolute atomic E-state index is 0.155. The maximum atomic E-state index is 12.7. The summed E-state index contributed by atoms with van der Waals surface area (Å²) in [6.45, 7) is 2.58. The van der Waals surface area contributed by atoms with Gasteiger partial charge in [-0.05, 0) is 18.6 Å². The van der Waals surface area contributed by atoms with Crippen LogP contribution in [-0.4, -0.2) is 62.7 Å². The average Bonchev–Trinajstić information content (AvgIpc) is 2.99. The number of rotatable bonds is 6. The van der Waals surface area contributed by atoms with E-state index in [2.05, 4.69) is 10.3 Å². The van der Waals surface area contributed by atoms with E-state index in [9.17, 15) is 18.0 Å². The summed E-state index contributed by atoms with van der Waals surface area (Å²) in [6, 6.07) is 5.58. The van der Waals surface area contributed by atoms with Gasteiger partial charge < -0.3 is 19.7 Å². The summed E-state index contributed by atoms with van der Waals surface area (Å²) >= 11 is 6.09. The number of carbonyl (C=O) groups excluding carboxylic acids is 1. The number of benzene rings is 1. The zero-order chi connectivity index (χ0) is 23.3. The number of nitrogens with one attached hydrogen (secondary N) is 1. The quantitative estimate of drug-likeness (QED) is 0.687. The number of alkyl halides is 3. The van der Waals surface area contributed by atoms with Crippen molar-refractivity contribution in [3.8, 4) is 11.5 Å². The fraction of sp³-hybridized carbons (Fsp3) is 0.429. The van der Waals surface area contributed by atoms with E-state index in [1.807, 2.05) is 9.80 Å². The number of anilines is 2. The van der Waals surface area contributed by atoms with Gasteiger partial charge in [0.1, 0.15) is 17.3 Å². The lowest BCUT2D eigenvalue weighted by molar-refractivity contribution is -0.137. The summed E-state index contributed by atoms with van der Waals surface area (Å²) in [5.41, 5.74) is -0.326. The highest BCUT2D eigenvalue weighted by Crippen LogP contribution is 2.36. The molecule has 0 spiro atoms. The van der Waals surface area contributed by atoms with Gasteiger partial charge in [-0.15, -0.1) is 0 Å². The Kier molecular flexibility index (Phi) is 7.68. The van der Waals surface area contributed by atoms with Crippen LogP contribution >= 0.6 is 11.6 Å². The van der Waals surface area contributed by atoms with E-state index in [-0.39, 0.29) is 12.5 Å². The first-order valence-electron chi connectivity index (χ1n) is 9.93. The molecule has 2 aromatic rings. The maximum absolute atomic E-state index is 12.7. The van der Waals surface area contributed by atoms with E-state index in [0.29, 0.717) is 54.2 Å². The van der Waals surface area contributed by atoms with Crippen molar-refractivity contribution < 1.29 is 27.4 Å². The topological polar surface area (TPSA) is 66.9 Å². The van der Waals surface area contributed by atoms with Crippen molar-refractivity contribution >= 4 is 29.0 Å². The molecule has 2 heterocycles. The van der Waals surface area contributed by atoms with E-state index in [0.717, 1.165) is 18.7 Å². The number of carbonyl (C=O) groups is 1. The predicted octanol–water partition coefficient (Wildman–Crippen LogP) is 3.92. The predicted molar refractivity (Wildman–Crippen MR) is 116 cm³/mol. The molecule has 11 heteroatoms. The molecule has 3 rings (SSSR count). The zero-order valence-corrected chi connectivity index (χ0v) is 18.5. The summed E-state index contributed by atoms with van der Waals surface area (Å²) in [4.78, 5) is 20.5. The van der Waals surface area contributed by atoms with Crippen LogP contribution in [0, 0.1) is 0 Å². The molecular formula is C21H24ClF3N4O3. The van der Waals surface area contributed by atoms with E-state index < -0.39 is 11.7 Å². The van der Waals surface area contributed by atoms with Crippen LogP contribution in [0.4, 0.5) is 24.7 Å². The lowest BCUT2D eigenvalue weighted by atomic mass is 10.2. The molecule has 7 nitrogen and oxygen atoms in total. The minimum atomic E-state index is -4.41. The number of aromatic nitrogens is 1. The molecule has 1 fully saturated rings. The Balaban J connectivity index is 1.59. The van der Waals surface area contributed by atoms with E-state index in [1.165, 1.54) is 20.3 Å². The third kappa shape index (κ3) is 5.95. The molecule has 1 amide bonds. The van der Waals surface area contributed by atoms with Crippen molar-refractivity contribution in [2.45, 2.75) is 12.6 Å². The van der Waals surface area contributed by atoms with Crippen molar-refractivity contribution in [3.63, 3.8) is 0 Å². The van der Waals surface area contributed by atoms with Crippen LogP contribution in [0.1, 0.15) is 12.0 Å². The lowest BCUT2D eigenvalue weighted by Crippen LogP contribution is -2.36. The summed E-state index contributed by atoms with van der Waals surface area (Å²) in [5, 5.41) is 3.19. The molecule has 0 bridgehead atoms. The largest absolute Gasteiger partial charge is 0.495 e. The third-order valence-electron chi connectivity index (χ3n) is 5.10. The van der Waals surface area contributed by atoms with Crippen LogP contribution in [0.15, 0.2) is 30.5 Å². The molecule has 0 unspecified atom stereocenters. The second-order valence-corrected chi connectivity index (χ2v) is 7.66. The van der Waals surface area contributed by atoms with Crippen molar-refractivity contribution in [1.82, 2.24) is 9.88 Å². The third-order valence-corrected chi connectivity index (χ3v) is 5.40. The maximum Gasteiger partial charge on any atom is 0.417 e. The number of methoxy groups -OCH3 is 2. The Morgan fingerprint density at radius 1 is 1.12 bits per heavy atom. The van der Waals surface area contributed by atoms with E-state index in [1.54, 1.807) is 12.1 Å². The van der Waals surface area contributed by atoms with Crippen LogP contribution in [0.3, 0.4) is 0 Å². The van der Waals surface area contributed by atoms with Crippen LogP contribution in [0.25, 0.3) is 0 Å². The van der Waals surface area contributed by atoms with Crippen LogP contribution in [0.5, 0.6) is 11.5 Å². The molecule has 0 radical (unpaired) electrons. The Hall–Kier alpha value is -2.72. The zero-order valence-electron chi connectivity index (χ0n) is 17.7. The summed E-state index contributed by atoms with van der Waals surface area (Å²) < 4.78 is 48.7. The normalized spacial score (nSPS) is 15.2. The van der Waals surface area contributed by atoms with Crippen molar-refractivity contribution in [3.05, 3.63) is 41.0 Å². The Morgan fingerprint density at radius 3 is 2.50 bits per heavy atom. The van der Waals surface area contributed by atoms with Gasteiger partial charge in [0.05, 0.1) is 37.0 Å². The molecule has 0 aliphatic carbocycles. The van der Waals surface area contributed by atoms with Crippen molar-refractivity contribution in [2.24, 2.45) is 0 Å². The number of halogens is 4. The van der Waals surface area contributed by atoms with Crippen LogP contribution in [-0.2, 0) is 11.0 Å². The van der Waals surface area contributed by atoms with Gasteiger partial charge in [0.25, 0.3) is 0 Å². The van der Waals surface area contributed by atoms with Gasteiger partial charge in [-0.3, -0.25) is 9.69 Å². The van der Waals surface area contributed by atoms with Gasteiger partial charge in [-0.2, -0.15) is 13.2 Å². The van der Waals surface area contributed by atoms with Crippen LogP contribution < -0.4 is 19.7 Å². The molecule has 0 saturated carbocycles. The van der Waals surface area contributed by atoms with Gasteiger partial charge >= 0.3 is 6.18 Å². The smallest absolute Gasteiger partial charge is 0.417 e. The molecular weight excluding hydrogens is 449 g/mol. The van der Waals surface area contributed by atoms with Gasteiger partial charge in [0, 0.05) is 44.5 Å². The highest BCUT2D eigenvalue weighted by molar-refractivity contribution is 6.32. The summed E-state index contributed by atoms with van der Waals surface area (Å²) in [7, 11) is 2.96. The fourth-order valence-electron chi connectivity index (χ4n) is 3.45. The van der Waals surface area contributed by atoms with Crippen LogP contribution in [0.2, 0.25) is 5.02 Å². The van der Waals surface area contributed by atoms with E-state index >= 15 is 0 Å². The van der Waals surface area contributed by atoms with Crippen molar-refractivity contribution in [2.75, 3.05) is 57.2 Å². The van der Waals surface area contributed by atoms with Gasteiger partial charge in [0.15, 0.2) is 0 Å². The first-order chi connectivity index (χ1) is 15.2. The first-order valence-corrected chi connectivity index (χ1v) is 10.3. The van der Waals surface area contributed by atoms with Crippen molar-refractivity contribution in [1.29, 1.82) is 0 Å². The molecule has 1 N–H and O–H groups in total. The molecule has 1 saturated heterocycles. The number of hydrogen-bond acceptors (Lipinski definition) is 6. The lowest BCUT2D eigenvalue weighted by Gasteiger charge is -2.23. The average molecular weight is 473 g/mol. The number of ether oxygens (including phenoxy) is 2. The molecule has 174 valence electrons. The Bertz CT molecular complexity index is 941. The highest BCUT2D eigenvalue weighted by atomic mass is 35.5. The number of pyridine rings is 1. The number of amides is 1. The Labute approximate surface area is 189 Å². The monoisotopic (exact) mass is 472 g/mol. The number of hydrogen-bond donors (Lipinski definition) is 1. The first kappa shape index (κ1) is 23.9. The SMILES string of the molecule is COc1cc(NC(=O)CN2CCCN(c3ccc(C(F)(F)F)cn3)CC2)c(OC)cc1Cl. The number of nitrogens with zero attached hydrogens (tertiary/aromatic N) is 3. The minimum Gasteiger partial charge on any atom is -0.495 e. The standard InChI is InChI=1S/C21H24ClF3N4O3/c1-31-17-11-16(18(32-2)10-15(17)22)27-20(30)13-28-6-3-7-29(9-8-28)19-5-4-14(12-26-19)21(23,24)25/h4-5,10-12H,3,6-9,13H2,1-2H3,(H,27,30). The molecule has 1 aliphatic heterocycles. The molecule has 1 aliphatic rings.